The molecule has 1 aliphatic rings. The van der Waals surface area contributed by atoms with Crippen molar-refractivity contribution in [3.05, 3.63) is 34.9 Å². The first-order valence-electron chi connectivity index (χ1n) is 6.54. The van der Waals surface area contributed by atoms with Gasteiger partial charge in [-0.3, -0.25) is 4.79 Å². The Morgan fingerprint density at radius 2 is 2.14 bits per heavy atom. The number of nitriles is 1. The first-order valence-corrected chi connectivity index (χ1v) is 6.92. The van der Waals surface area contributed by atoms with Gasteiger partial charge in [0.05, 0.1) is 18.1 Å². The van der Waals surface area contributed by atoms with Gasteiger partial charge in [0.1, 0.15) is 19.1 Å². The lowest BCUT2D eigenvalue weighted by atomic mass is 9.93. The number of rotatable bonds is 5. The minimum Gasteiger partial charge on any atom is -0.477 e. The average Bonchev–Trinajstić information content (AvgIpc) is 2.54. The molecule has 0 saturated carbocycles. The Morgan fingerprint density at radius 3 is 2.77 bits per heavy atom. The molecule has 0 fully saturated rings. The largest absolute Gasteiger partial charge is 0.477 e. The zero-order chi connectivity index (χ0) is 16.2. The number of benzene rings is 1. The molecule has 1 aromatic carbocycles. The molecule has 1 aliphatic heterocycles. The second-order valence-corrected chi connectivity index (χ2v) is 5.23. The van der Waals surface area contributed by atoms with Crippen molar-refractivity contribution in [1.82, 2.24) is 5.32 Å². The number of hydrogen-bond donors (Lipinski definition) is 1. The van der Waals surface area contributed by atoms with E-state index < -0.39 is 24.9 Å². The third-order valence-corrected chi connectivity index (χ3v) is 3.41. The Kier molecular flexibility index (Phi) is 4.99. The van der Waals surface area contributed by atoms with Gasteiger partial charge in [0, 0.05) is 17.1 Å². The van der Waals surface area contributed by atoms with Crippen LogP contribution < -0.4 is 10.1 Å². The predicted molar refractivity (Wildman–Crippen MR) is 78.0 cm³/mol. The molecule has 0 aromatic heterocycles. The molecule has 2 rings (SSSR count). The van der Waals surface area contributed by atoms with Crippen molar-refractivity contribution in [1.29, 1.82) is 5.26 Å². The maximum atomic E-state index is 13.2. The van der Waals surface area contributed by atoms with Crippen molar-refractivity contribution in [3.63, 3.8) is 0 Å². The van der Waals surface area contributed by atoms with Gasteiger partial charge in [0.25, 0.3) is 5.91 Å². The van der Waals surface area contributed by atoms with Gasteiger partial charge in [-0.05, 0) is 24.3 Å². The summed E-state index contributed by atoms with van der Waals surface area (Å²) in [5.74, 6) is -0.346. The number of nitrogens with zero attached hydrogens (tertiary/aromatic N) is 1. The SMILES string of the molecule is N#CCCNC(=O)C1=CC(CF)(CF)Oc2ccc(Cl)cc21. The fourth-order valence-corrected chi connectivity index (χ4v) is 2.25. The summed E-state index contributed by atoms with van der Waals surface area (Å²) in [4.78, 5) is 12.2. The van der Waals surface area contributed by atoms with Crippen LogP contribution in [0.2, 0.25) is 5.02 Å². The van der Waals surface area contributed by atoms with Crippen molar-refractivity contribution < 1.29 is 18.3 Å². The van der Waals surface area contributed by atoms with Crippen LogP contribution in [0.4, 0.5) is 8.78 Å². The Balaban J connectivity index is 2.42. The molecule has 0 bridgehead atoms. The van der Waals surface area contributed by atoms with Gasteiger partial charge in [-0.25, -0.2) is 8.78 Å². The zero-order valence-corrected chi connectivity index (χ0v) is 12.3. The molecule has 0 radical (unpaired) electrons. The lowest BCUT2D eigenvalue weighted by Gasteiger charge is -2.32. The average molecular weight is 327 g/mol. The fourth-order valence-electron chi connectivity index (χ4n) is 2.07. The molecule has 7 heteroatoms. The third-order valence-electron chi connectivity index (χ3n) is 3.17. The molecule has 0 unspecified atom stereocenters. The number of ether oxygens (including phenoxy) is 1. The van der Waals surface area contributed by atoms with Crippen molar-refractivity contribution in [2.45, 2.75) is 12.0 Å². The summed E-state index contributed by atoms with van der Waals surface area (Å²) < 4.78 is 31.8. The van der Waals surface area contributed by atoms with E-state index in [0.717, 1.165) is 6.08 Å². The number of halogens is 3. The van der Waals surface area contributed by atoms with Crippen molar-refractivity contribution in [3.8, 4) is 11.8 Å². The molecule has 1 amide bonds. The molecule has 0 aliphatic carbocycles. The van der Waals surface area contributed by atoms with Crippen LogP contribution in [-0.2, 0) is 4.79 Å². The van der Waals surface area contributed by atoms with Crippen LogP contribution in [0.3, 0.4) is 0 Å². The van der Waals surface area contributed by atoms with Gasteiger partial charge in [-0.2, -0.15) is 5.26 Å². The van der Waals surface area contributed by atoms with E-state index in [0.29, 0.717) is 10.6 Å². The minimum atomic E-state index is -1.82. The molecule has 1 aromatic rings. The molecule has 22 heavy (non-hydrogen) atoms. The van der Waals surface area contributed by atoms with Gasteiger partial charge in [-0.1, -0.05) is 11.6 Å². The molecule has 4 nitrogen and oxygen atoms in total. The smallest absolute Gasteiger partial charge is 0.251 e. The van der Waals surface area contributed by atoms with E-state index in [1.54, 1.807) is 0 Å². The van der Waals surface area contributed by atoms with Gasteiger partial charge in [0.2, 0.25) is 0 Å². The van der Waals surface area contributed by atoms with E-state index >= 15 is 0 Å². The number of hydrogen-bond acceptors (Lipinski definition) is 3. The maximum Gasteiger partial charge on any atom is 0.251 e. The number of amides is 1. The number of carbonyl (C=O) groups excluding carboxylic acids is 1. The van der Waals surface area contributed by atoms with Gasteiger partial charge in [0.15, 0.2) is 5.60 Å². The van der Waals surface area contributed by atoms with Crippen molar-refractivity contribution in [2.24, 2.45) is 0 Å². The van der Waals surface area contributed by atoms with Crippen molar-refractivity contribution in [2.75, 3.05) is 19.9 Å². The lowest BCUT2D eigenvalue weighted by molar-refractivity contribution is -0.115. The van der Waals surface area contributed by atoms with E-state index in [1.807, 2.05) is 6.07 Å². The molecule has 1 heterocycles. The first kappa shape index (κ1) is 16.2. The number of carbonyl (C=O) groups is 1. The van der Waals surface area contributed by atoms with Crippen LogP contribution in [-0.4, -0.2) is 31.4 Å². The van der Waals surface area contributed by atoms with Gasteiger partial charge < -0.3 is 10.1 Å². The summed E-state index contributed by atoms with van der Waals surface area (Å²) in [6.45, 7) is -2.08. The van der Waals surface area contributed by atoms with Crippen LogP contribution >= 0.6 is 11.6 Å². The Morgan fingerprint density at radius 1 is 1.41 bits per heavy atom. The van der Waals surface area contributed by atoms with E-state index in [9.17, 15) is 13.6 Å². The van der Waals surface area contributed by atoms with E-state index in [1.165, 1.54) is 18.2 Å². The summed E-state index contributed by atoms with van der Waals surface area (Å²) in [6.07, 6.45) is 1.27. The Hall–Kier alpha value is -2.13. The lowest BCUT2D eigenvalue weighted by Crippen LogP contribution is -2.42. The highest BCUT2D eigenvalue weighted by atomic mass is 35.5. The standard InChI is InChI=1S/C15H13ClF2N2O2/c16-10-2-3-13-11(6-10)12(14(21)20-5-1-4-19)7-15(8-17,9-18)22-13/h2-3,6-7H,1,5,8-9H2,(H,20,21). The molecule has 116 valence electrons. The summed E-state index contributed by atoms with van der Waals surface area (Å²) >= 11 is 5.91. The summed E-state index contributed by atoms with van der Waals surface area (Å²) in [7, 11) is 0. The van der Waals surface area contributed by atoms with E-state index in [-0.39, 0.29) is 24.3 Å². The molecular weight excluding hydrogens is 314 g/mol. The molecule has 0 saturated heterocycles. The van der Waals surface area contributed by atoms with Crippen molar-refractivity contribution >= 4 is 23.1 Å². The fraction of sp³-hybridized carbons (Fsp3) is 0.333. The Labute approximate surface area is 131 Å². The molecule has 1 N–H and O–H groups in total. The molecular formula is C15H13ClF2N2O2. The Bertz CT molecular complexity index is 651. The van der Waals surface area contributed by atoms with Crippen LogP contribution in [0.15, 0.2) is 24.3 Å². The molecule has 0 atom stereocenters. The van der Waals surface area contributed by atoms with Crippen LogP contribution in [0.5, 0.6) is 5.75 Å². The minimum absolute atomic E-state index is 0.0805. The second-order valence-electron chi connectivity index (χ2n) is 4.80. The van der Waals surface area contributed by atoms with E-state index in [4.69, 9.17) is 21.6 Å². The summed E-state index contributed by atoms with van der Waals surface area (Å²) in [6, 6.07) is 6.36. The number of fused-ring (bicyclic) bond motifs is 1. The third kappa shape index (κ3) is 3.20. The first-order chi connectivity index (χ1) is 10.5. The van der Waals surface area contributed by atoms with E-state index in [2.05, 4.69) is 5.32 Å². The second kappa shape index (κ2) is 6.75. The summed E-state index contributed by atoms with van der Waals surface area (Å²) in [5, 5.41) is 11.4. The van der Waals surface area contributed by atoms with Gasteiger partial charge in [-0.15, -0.1) is 0 Å². The topological polar surface area (TPSA) is 62.1 Å². The van der Waals surface area contributed by atoms with Gasteiger partial charge >= 0.3 is 0 Å². The zero-order valence-electron chi connectivity index (χ0n) is 11.5. The van der Waals surface area contributed by atoms with Crippen LogP contribution in [0.1, 0.15) is 12.0 Å². The highest BCUT2D eigenvalue weighted by Crippen LogP contribution is 2.38. The highest BCUT2D eigenvalue weighted by molar-refractivity contribution is 6.31. The highest BCUT2D eigenvalue weighted by Gasteiger charge is 2.38. The number of nitrogens with one attached hydrogen (secondary N) is 1. The predicted octanol–water partition coefficient (Wildman–Crippen LogP) is 2.82. The van der Waals surface area contributed by atoms with Crippen LogP contribution in [0.25, 0.3) is 5.57 Å². The maximum absolute atomic E-state index is 13.2. The monoisotopic (exact) mass is 326 g/mol. The molecule has 0 spiro atoms. The number of alkyl halides is 2. The normalized spacial score (nSPS) is 15.1. The summed E-state index contributed by atoms with van der Waals surface area (Å²) in [5.41, 5.74) is -1.38. The van der Waals surface area contributed by atoms with Crippen LogP contribution in [0, 0.1) is 11.3 Å². The quantitative estimate of drug-likeness (QED) is 0.846.